The maximum absolute atomic E-state index is 13.3. The highest BCUT2D eigenvalue weighted by atomic mass is 79.9. The lowest BCUT2D eigenvalue weighted by atomic mass is 10.2. The van der Waals surface area contributed by atoms with Crippen LogP contribution in [0.25, 0.3) is 0 Å². The molecule has 0 fully saturated rings. The van der Waals surface area contributed by atoms with Gasteiger partial charge in [-0.3, -0.25) is 0 Å². The average molecular weight is 335 g/mol. The van der Waals surface area contributed by atoms with Crippen molar-refractivity contribution in [2.75, 3.05) is 0 Å². The van der Waals surface area contributed by atoms with Crippen LogP contribution in [0.5, 0.6) is 5.75 Å². The van der Waals surface area contributed by atoms with Crippen LogP contribution in [0, 0.1) is 23.3 Å². The van der Waals surface area contributed by atoms with E-state index in [2.05, 4.69) is 15.9 Å². The van der Waals surface area contributed by atoms with Crippen molar-refractivity contribution in [1.29, 1.82) is 0 Å². The van der Waals surface area contributed by atoms with Crippen molar-refractivity contribution in [2.24, 2.45) is 0 Å². The molecule has 6 heteroatoms. The Labute approximate surface area is 114 Å². The van der Waals surface area contributed by atoms with Gasteiger partial charge in [-0.2, -0.15) is 8.78 Å². The largest absolute Gasteiger partial charge is 0.483 e. The Morgan fingerprint density at radius 1 is 0.895 bits per heavy atom. The predicted octanol–water partition coefficient (Wildman–Crippen LogP) is 4.58. The van der Waals surface area contributed by atoms with Gasteiger partial charge in [0.25, 0.3) is 0 Å². The molecule has 0 saturated heterocycles. The monoisotopic (exact) mass is 334 g/mol. The summed E-state index contributed by atoms with van der Waals surface area (Å²) in [4.78, 5) is 0. The third-order valence-electron chi connectivity index (χ3n) is 2.37. The molecule has 0 atom stereocenters. The standard InChI is InChI=1S/C13H7BrF4O/c14-8-3-1-7(2-4-8)6-19-13-11(17)9(15)5-10(16)12(13)18/h1-5H,6H2. The Balaban J connectivity index is 2.22. The first kappa shape index (κ1) is 13.9. The molecule has 2 aromatic rings. The zero-order valence-corrected chi connectivity index (χ0v) is 11.0. The van der Waals surface area contributed by atoms with Crippen molar-refractivity contribution in [1.82, 2.24) is 0 Å². The Hall–Kier alpha value is -1.56. The summed E-state index contributed by atoms with van der Waals surface area (Å²) in [6.07, 6.45) is 0. The molecule has 19 heavy (non-hydrogen) atoms. The first-order valence-electron chi connectivity index (χ1n) is 5.19. The molecule has 2 rings (SSSR count). The van der Waals surface area contributed by atoms with Crippen molar-refractivity contribution in [3.05, 3.63) is 63.6 Å². The van der Waals surface area contributed by atoms with Crippen LogP contribution in [0.2, 0.25) is 0 Å². The van der Waals surface area contributed by atoms with E-state index in [9.17, 15) is 17.6 Å². The van der Waals surface area contributed by atoms with E-state index in [0.717, 1.165) is 4.47 Å². The minimum absolute atomic E-state index is 0.136. The fourth-order valence-electron chi connectivity index (χ4n) is 1.41. The van der Waals surface area contributed by atoms with Crippen molar-refractivity contribution in [2.45, 2.75) is 6.61 Å². The molecule has 0 aromatic heterocycles. The molecule has 0 aliphatic rings. The van der Waals surface area contributed by atoms with E-state index in [1.807, 2.05) is 0 Å². The summed E-state index contributed by atoms with van der Waals surface area (Å²) in [6.45, 7) is -0.204. The van der Waals surface area contributed by atoms with Crippen molar-refractivity contribution in [3.8, 4) is 5.75 Å². The van der Waals surface area contributed by atoms with Gasteiger partial charge in [-0.1, -0.05) is 28.1 Å². The van der Waals surface area contributed by atoms with E-state index in [4.69, 9.17) is 4.74 Å². The Morgan fingerprint density at radius 2 is 1.42 bits per heavy atom. The lowest BCUT2D eigenvalue weighted by Crippen LogP contribution is -2.03. The second-order valence-corrected chi connectivity index (χ2v) is 4.63. The molecule has 0 aliphatic carbocycles. The molecule has 1 nitrogen and oxygen atoms in total. The van der Waals surface area contributed by atoms with Gasteiger partial charge in [0, 0.05) is 10.5 Å². The minimum Gasteiger partial charge on any atom is -0.483 e. The topological polar surface area (TPSA) is 9.23 Å². The third kappa shape index (κ3) is 3.07. The normalized spacial score (nSPS) is 10.6. The van der Waals surface area contributed by atoms with Crippen LogP contribution in [0.1, 0.15) is 5.56 Å². The summed E-state index contributed by atoms with van der Waals surface area (Å²) in [6, 6.07) is 6.84. The van der Waals surface area contributed by atoms with Gasteiger partial charge in [-0.25, -0.2) is 8.78 Å². The van der Waals surface area contributed by atoms with Crippen LogP contribution < -0.4 is 4.74 Å². The fourth-order valence-corrected chi connectivity index (χ4v) is 1.68. The van der Waals surface area contributed by atoms with Crippen LogP contribution in [-0.2, 0) is 6.61 Å². The Morgan fingerprint density at radius 3 is 1.95 bits per heavy atom. The van der Waals surface area contributed by atoms with Crippen LogP contribution in [0.15, 0.2) is 34.8 Å². The van der Waals surface area contributed by atoms with Gasteiger partial charge in [-0.15, -0.1) is 0 Å². The third-order valence-corrected chi connectivity index (χ3v) is 2.90. The van der Waals surface area contributed by atoms with E-state index >= 15 is 0 Å². The van der Waals surface area contributed by atoms with Crippen LogP contribution in [0.3, 0.4) is 0 Å². The molecule has 0 saturated carbocycles. The Bertz CT molecular complexity index is 572. The summed E-state index contributed by atoms with van der Waals surface area (Å²) in [7, 11) is 0. The van der Waals surface area contributed by atoms with Gasteiger partial charge in [-0.05, 0) is 17.7 Å². The van der Waals surface area contributed by atoms with E-state index in [1.54, 1.807) is 24.3 Å². The van der Waals surface area contributed by atoms with E-state index in [0.29, 0.717) is 5.56 Å². The number of halogens is 5. The molecule has 0 N–H and O–H groups in total. The smallest absolute Gasteiger partial charge is 0.203 e. The molecule has 0 radical (unpaired) electrons. The number of rotatable bonds is 3. The fraction of sp³-hybridized carbons (Fsp3) is 0.0769. The van der Waals surface area contributed by atoms with Crippen LogP contribution >= 0.6 is 15.9 Å². The van der Waals surface area contributed by atoms with Crippen molar-refractivity contribution >= 4 is 15.9 Å². The predicted molar refractivity (Wildman–Crippen MR) is 64.7 cm³/mol. The van der Waals surface area contributed by atoms with Gasteiger partial charge >= 0.3 is 0 Å². The van der Waals surface area contributed by atoms with Crippen molar-refractivity contribution < 1.29 is 22.3 Å². The first-order chi connectivity index (χ1) is 8.99. The van der Waals surface area contributed by atoms with E-state index < -0.39 is 29.0 Å². The van der Waals surface area contributed by atoms with Gasteiger partial charge in [0.1, 0.15) is 6.61 Å². The van der Waals surface area contributed by atoms with Gasteiger partial charge in [0.15, 0.2) is 17.4 Å². The van der Waals surface area contributed by atoms with E-state index in [1.165, 1.54) is 0 Å². The molecule has 2 aromatic carbocycles. The number of ether oxygens (including phenoxy) is 1. The second-order valence-electron chi connectivity index (χ2n) is 3.71. The first-order valence-corrected chi connectivity index (χ1v) is 5.98. The molecule has 0 amide bonds. The summed E-state index contributed by atoms with van der Waals surface area (Å²) in [5.41, 5.74) is 0.603. The number of hydrogen-bond donors (Lipinski definition) is 0. The number of benzene rings is 2. The summed E-state index contributed by atoms with van der Waals surface area (Å²) < 4.78 is 58.1. The van der Waals surface area contributed by atoms with Crippen LogP contribution in [-0.4, -0.2) is 0 Å². The zero-order valence-electron chi connectivity index (χ0n) is 9.39. The van der Waals surface area contributed by atoms with Gasteiger partial charge in [0.05, 0.1) is 0 Å². The molecule has 0 aliphatic heterocycles. The molecular formula is C13H7BrF4O. The molecule has 0 spiro atoms. The second kappa shape index (κ2) is 5.61. The van der Waals surface area contributed by atoms with E-state index in [-0.39, 0.29) is 12.7 Å². The minimum atomic E-state index is -1.55. The summed E-state index contributed by atoms with van der Waals surface area (Å²) in [5, 5.41) is 0. The Kier molecular flexibility index (Phi) is 4.09. The van der Waals surface area contributed by atoms with Gasteiger partial charge < -0.3 is 4.74 Å². The number of hydrogen-bond acceptors (Lipinski definition) is 1. The summed E-state index contributed by atoms with van der Waals surface area (Å²) in [5.74, 6) is -7.14. The molecule has 0 unspecified atom stereocenters. The van der Waals surface area contributed by atoms with Crippen molar-refractivity contribution in [3.63, 3.8) is 0 Å². The molecule has 0 heterocycles. The SMILES string of the molecule is Fc1cc(F)c(F)c(OCc2ccc(Br)cc2)c1F. The highest BCUT2D eigenvalue weighted by Gasteiger charge is 2.20. The zero-order chi connectivity index (χ0) is 14.0. The highest BCUT2D eigenvalue weighted by Crippen LogP contribution is 2.27. The molecular weight excluding hydrogens is 328 g/mol. The maximum Gasteiger partial charge on any atom is 0.203 e. The molecule has 100 valence electrons. The molecule has 0 bridgehead atoms. The maximum atomic E-state index is 13.3. The van der Waals surface area contributed by atoms with Crippen LogP contribution in [0.4, 0.5) is 17.6 Å². The lowest BCUT2D eigenvalue weighted by Gasteiger charge is -2.09. The quantitative estimate of drug-likeness (QED) is 0.589. The summed E-state index contributed by atoms with van der Waals surface area (Å²) >= 11 is 3.22. The highest BCUT2D eigenvalue weighted by molar-refractivity contribution is 9.10. The van der Waals surface area contributed by atoms with Gasteiger partial charge in [0.2, 0.25) is 11.6 Å². The average Bonchev–Trinajstić information content (AvgIpc) is 2.38. The lowest BCUT2D eigenvalue weighted by molar-refractivity contribution is 0.261.